The topological polar surface area (TPSA) is 95.9 Å². The van der Waals surface area contributed by atoms with Gasteiger partial charge in [0.05, 0.1) is 15.9 Å². The number of imide groups is 2. The van der Waals surface area contributed by atoms with E-state index < -0.39 is 23.7 Å². The maximum atomic E-state index is 13.1. The zero-order chi connectivity index (χ0) is 20.4. The minimum absolute atomic E-state index is 0.0489. The van der Waals surface area contributed by atoms with E-state index in [1.165, 1.54) is 24.3 Å². The maximum absolute atomic E-state index is 13.1. The fourth-order valence-electron chi connectivity index (χ4n) is 2.59. The Balaban J connectivity index is 2.03. The van der Waals surface area contributed by atoms with Gasteiger partial charge >= 0.3 is 6.03 Å². The second kappa shape index (κ2) is 7.97. The number of carbonyl (C=O) groups is 3. The summed E-state index contributed by atoms with van der Waals surface area (Å²) in [6, 6.07) is 6.85. The third kappa shape index (κ3) is 3.84. The van der Waals surface area contributed by atoms with Crippen molar-refractivity contribution < 1.29 is 28.6 Å². The Bertz CT molecular complexity index is 1000. The Morgan fingerprint density at radius 1 is 1.21 bits per heavy atom. The number of ether oxygens (including phenoxy) is 1. The van der Waals surface area contributed by atoms with Crippen LogP contribution in [0.25, 0.3) is 6.08 Å². The number of amides is 4. The van der Waals surface area contributed by atoms with Crippen molar-refractivity contribution in [2.75, 3.05) is 11.5 Å². The number of anilines is 1. The van der Waals surface area contributed by atoms with Gasteiger partial charge in [0, 0.05) is 0 Å². The molecule has 1 saturated heterocycles. The molecule has 28 heavy (non-hydrogen) atoms. The molecule has 2 aromatic rings. The van der Waals surface area contributed by atoms with Crippen LogP contribution in [-0.2, 0) is 9.59 Å². The number of aromatic hydroxyl groups is 1. The van der Waals surface area contributed by atoms with E-state index in [4.69, 9.17) is 4.74 Å². The second-order valence-corrected chi connectivity index (χ2v) is 6.88. The molecule has 1 fully saturated rings. The van der Waals surface area contributed by atoms with Crippen LogP contribution in [0, 0.1) is 9.39 Å². The van der Waals surface area contributed by atoms with Crippen LogP contribution in [0.5, 0.6) is 11.5 Å². The first kappa shape index (κ1) is 19.8. The van der Waals surface area contributed by atoms with Crippen LogP contribution in [0.3, 0.4) is 0 Å². The third-order valence-electron chi connectivity index (χ3n) is 3.85. The van der Waals surface area contributed by atoms with Gasteiger partial charge in [0.1, 0.15) is 11.4 Å². The number of hydrogen-bond donors (Lipinski definition) is 2. The normalized spacial score (nSPS) is 15.8. The smallest absolute Gasteiger partial charge is 0.335 e. The SMILES string of the molecule is CCOc1cc(/C=C2\C(=O)NC(=O)N(c3ccc(F)cc3)C2=O)cc(I)c1O. The Labute approximate surface area is 172 Å². The van der Waals surface area contributed by atoms with Gasteiger partial charge in [-0.15, -0.1) is 0 Å². The highest BCUT2D eigenvalue weighted by atomic mass is 127. The number of rotatable bonds is 4. The van der Waals surface area contributed by atoms with E-state index in [0.717, 1.165) is 17.0 Å². The Morgan fingerprint density at radius 3 is 2.54 bits per heavy atom. The second-order valence-electron chi connectivity index (χ2n) is 5.72. The summed E-state index contributed by atoms with van der Waals surface area (Å²) in [7, 11) is 0. The quantitative estimate of drug-likeness (QED) is 0.385. The molecule has 0 spiro atoms. The highest BCUT2D eigenvalue weighted by molar-refractivity contribution is 14.1. The standard InChI is InChI=1S/C19H14FIN2O5/c1-2-28-15-9-10(8-14(21)16(15)24)7-13-17(25)22-19(27)23(18(13)26)12-5-3-11(20)4-6-12/h3-9,24H,2H2,1H3,(H,22,25,27)/b13-7+. The van der Waals surface area contributed by atoms with Crippen molar-refractivity contribution in [2.24, 2.45) is 0 Å². The van der Waals surface area contributed by atoms with Crippen molar-refractivity contribution >= 4 is 52.2 Å². The molecule has 0 saturated carbocycles. The first-order valence-corrected chi connectivity index (χ1v) is 9.22. The van der Waals surface area contributed by atoms with Gasteiger partial charge < -0.3 is 9.84 Å². The van der Waals surface area contributed by atoms with Crippen LogP contribution in [0.4, 0.5) is 14.9 Å². The van der Waals surface area contributed by atoms with Gasteiger partial charge in [-0.25, -0.2) is 14.1 Å². The highest BCUT2D eigenvalue weighted by Crippen LogP contribution is 2.34. The Hall–Kier alpha value is -2.95. The predicted octanol–water partition coefficient (Wildman–Crippen LogP) is 3.20. The third-order valence-corrected chi connectivity index (χ3v) is 4.67. The molecule has 7 nitrogen and oxygen atoms in total. The molecule has 0 aromatic heterocycles. The zero-order valence-electron chi connectivity index (χ0n) is 14.5. The molecular formula is C19H14FIN2O5. The molecule has 2 aromatic carbocycles. The molecule has 144 valence electrons. The molecule has 1 heterocycles. The number of phenols is 1. The van der Waals surface area contributed by atoms with Crippen LogP contribution in [0.1, 0.15) is 12.5 Å². The summed E-state index contributed by atoms with van der Waals surface area (Å²) >= 11 is 1.89. The first-order valence-electron chi connectivity index (χ1n) is 8.14. The van der Waals surface area contributed by atoms with Crippen molar-refractivity contribution in [3.05, 3.63) is 56.9 Å². The van der Waals surface area contributed by atoms with E-state index >= 15 is 0 Å². The van der Waals surface area contributed by atoms with Crippen molar-refractivity contribution in [3.63, 3.8) is 0 Å². The van der Waals surface area contributed by atoms with Gasteiger partial charge in [-0.1, -0.05) is 0 Å². The number of hydrogen-bond acceptors (Lipinski definition) is 5. The van der Waals surface area contributed by atoms with Crippen molar-refractivity contribution in [3.8, 4) is 11.5 Å². The lowest BCUT2D eigenvalue weighted by Gasteiger charge is -2.26. The van der Waals surface area contributed by atoms with Crippen LogP contribution >= 0.6 is 22.6 Å². The van der Waals surface area contributed by atoms with Gasteiger partial charge in [0.2, 0.25) is 0 Å². The Morgan fingerprint density at radius 2 is 1.89 bits per heavy atom. The number of benzene rings is 2. The average molecular weight is 496 g/mol. The number of nitrogens with one attached hydrogen (secondary N) is 1. The molecule has 9 heteroatoms. The molecule has 0 aliphatic carbocycles. The average Bonchev–Trinajstić information content (AvgIpc) is 2.64. The fourth-order valence-corrected chi connectivity index (χ4v) is 3.22. The number of halogens is 2. The summed E-state index contributed by atoms with van der Waals surface area (Å²) < 4.78 is 19.0. The molecule has 0 radical (unpaired) electrons. The van der Waals surface area contributed by atoms with Gasteiger partial charge in [0.15, 0.2) is 11.5 Å². The zero-order valence-corrected chi connectivity index (χ0v) is 16.7. The van der Waals surface area contributed by atoms with Gasteiger partial charge in [-0.3, -0.25) is 14.9 Å². The molecule has 0 bridgehead atoms. The number of barbiturate groups is 1. The first-order chi connectivity index (χ1) is 13.3. The van der Waals surface area contributed by atoms with Gasteiger partial charge in [-0.05, 0) is 77.6 Å². The van der Waals surface area contributed by atoms with E-state index in [1.54, 1.807) is 13.0 Å². The lowest BCUT2D eigenvalue weighted by molar-refractivity contribution is -0.122. The van der Waals surface area contributed by atoms with Crippen molar-refractivity contribution in [1.29, 1.82) is 0 Å². The number of urea groups is 1. The van der Waals surface area contributed by atoms with Crippen LogP contribution < -0.4 is 15.0 Å². The monoisotopic (exact) mass is 496 g/mol. The van der Waals surface area contributed by atoms with E-state index in [9.17, 15) is 23.9 Å². The van der Waals surface area contributed by atoms with E-state index in [1.807, 2.05) is 22.6 Å². The van der Waals surface area contributed by atoms with E-state index in [2.05, 4.69) is 5.32 Å². The van der Waals surface area contributed by atoms with E-state index in [0.29, 0.717) is 15.7 Å². The Kier molecular flexibility index (Phi) is 5.63. The minimum Gasteiger partial charge on any atom is -0.504 e. The van der Waals surface area contributed by atoms with E-state index in [-0.39, 0.29) is 22.8 Å². The fraction of sp³-hybridized carbons (Fsp3) is 0.105. The molecule has 3 rings (SSSR count). The van der Waals surface area contributed by atoms with Crippen molar-refractivity contribution in [1.82, 2.24) is 5.32 Å². The maximum Gasteiger partial charge on any atom is 0.335 e. The largest absolute Gasteiger partial charge is 0.504 e. The number of phenolic OH excluding ortho intramolecular Hbond substituents is 1. The summed E-state index contributed by atoms with van der Waals surface area (Å²) in [5, 5.41) is 12.1. The number of nitrogens with zero attached hydrogens (tertiary/aromatic N) is 1. The predicted molar refractivity (Wildman–Crippen MR) is 107 cm³/mol. The lowest BCUT2D eigenvalue weighted by Crippen LogP contribution is -2.54. The van der Waals surface area contributed by atoms with Crippen LogP contribution in [-0.4, -0.2) is 29.6 Å². The lowest BCUT2D eigenvalue weighted by atomic mass is 10.1. The highest BCUT2D eigenvalue weighted by Gasteiger charge is 2.36. The summed E-state index contributed by atoms with van der Waals surface area (Å²) in [6.07, 6.45) is 1.30. The van der Waals surface area contributed by atoms with Crippen LogP contribution in [0.15, 0.2) is 42.0 Å². The van der Waals surface area contributed by atoms with Crippen molar-refractivity contribution in [2.45, 2.75) is 6.92 Å². The number of carbonyl (C=O) groups excluding carboxylic acids is 3. The van der Waals surface area contributed by atoms with Gasteiger partial charge in [0.25, 0.3) is 11.8 Å². The molecule has 0 atom stereocenters. The summed E-state index contributed by atoms with van der Waals surface area (Å²) in [4.78, 5) is 37.9. The van der Waals surface area contributed by atoms with Gasteiger partial charge in [-0.2, -0.15) is 0 Å². The molecule has 2 N–H and O–H groups in total. The minimum atomic E-state index is -0.922. The summed E-state index contributed by atoms with van der Waals surface area (Å²) in [6.45, 7) is 2.07. The summed E-state index contributed by atoms with van der Waals surface area (Å²) in [5.74, 6) is -2.07. The van der Waals surface area contributed by atoms with Crippen LogP contribution in [0.2, 0.25) is 0 Å². The summed E-state index contributed by atoms with van der Waals surface area (Å²) in [5.41, 5.74) is 0.267. The molecule has 4 amide bonds. The molecule has 0 unspecified atom stereocenters. The molecule has 1 aliphatic heterocycles. The molecular weight excluding hydrogens is 482 g/mol. The molecule has 1 aliphatic rings.